The molecular formula is C13H15ClN2O2S. The molecule has 1 heterocycles. The minimum Gasteiger partial charge on any atom is -0.207 e. The van der Waals surface area contributed by atoms with E-state index in [2.05, 4.69) is 0 Å². The Bertz CT molecular complexity index is 637. The van der Waals surface area contributed by atoms with E-state index in [1.165, 1.54) is 22.5 Å². The highest BCUT2D eigenvalue weighted by atomic mass is 35.5. The molecule has 1 aliphatic rings. The van der Waals surface area contributed by atoms with E-state index in [0.717, 1.165) is 6.42 Å². The maximum atomic E-state index is 12.5. The molecule has 102 valence electrons. The predicted octanol–water partition coefficient (Wildman–Crippen LogP) is 2.63. The molecule has 1 fully saturated rings. The first-order valence-corrected chi connectivity index (χ1v) is 7.89. The minimum absolute atomic E-state index is 0.00517. The third kappa shape index (κ3) is 2.62. The van der Waals surface area contributed by atoms with E-state index in [-0.39, 0.29) is 21.5 Å². The van der Waals surface area contributed by atoms with Gasteiger partial charge < -0.3 is 0 Å². The van der Waals surface area contributed by atoms with Gasteiger partial charge in [0, 0.05) is 12.6 Å². The Labute approximate surface area is 118 Å². The van der Waals surface area contributed by atoms with E-state index in [1.807, 2.05) is 19.9 Å². The SMILES string of the molecule is CC1CC(C)N(S(=O)(=O)c2ccc(C#N)c(Cl)c2)C1. The fourth-order valence-corrected chi connectivity index (χ4v) is 4.55. The van der Waals surface area contributed by atoms with E-state index in [9.17, 15) is 8.42 Å². The van der Waals surface area contributed by atoms with Crippen molar-refractivity contribution < 1.29 is 8.42 Å². The van der Waals surface area contributed by atoms with Crippen LogP contribution >= 0.6 is 11.6 Å². The number of sulfonamides is 1. The van der Waals surface area contributed by atoms with Crippen molar-refractivity contribution in [3.8, 4) is 6.07 Å². The lowest BCUT2D eigenvalue weighted by Crippen LogP contribution is -2.34. The van der Waals surface area contributed by atoms with Crippen LogP contribution in [0.5, 0.6) is 0 Å². The van der Waals surface area contributed by atoms with Crippen molar-refractivity contribution >= 4 is 21.6 Å². The summed E-state index contributed by atoms with van der Waals surface area (Å²) in [4.78, 5) is 0.150. The van der Waals surface area contributed by atoms with Gasteiger partial charge in [-0.1, -0.05) is 18.5 Å². The summed E-state index contributed by atoms with van der Waals surface area (Å²) in [6, 6.07) is 6.15. The molecule has 0 amide bonds. The van der Waals surface area contributed by atoms with Gasteiger partial charge in [0.15, 0.2) is 0 Å². The third-order valence-corrected chi connectivity index (χ3v) is 5.68. The average Bonchev–Trinajstić information content (AvgIpc) is 2.69. The Morgan fingerprint density at radius 1 is 1.42 bits per heavy atom. The van der Waals surface area contributed by atoms with Gasteiger partial charge in [-0.25, -0.2) is 8.42 Å². The molecule has 2 atom stereocenters. The van der Waals surface area contributed by atoms with Crippen molar-refractivity contribution in [1.29, 1.82) is 5.26 Å². The van der Waals surface area contributed by atoms with Crippen LogP contribution in [-0.4, -0.2) is 25.3 Å². The van der Waals surface area contributed by atoms with Crippen LogP contribution < -0.4 is 0 Å². The van der Waals surface area contributed by atoms with Gasteiger partial charge in [0.25, 0.3) is 0 Å². The Hall–Kier alpha value is -1.09. The number of nitriles is 1. The third-order valence-electron chi connectivity index (χ3n) is 3.39. The molecular weight excluding hydrogens is 284 g/mol. The molecule has 0 bridgehead atoms. The van der Waals surface area contributed by atoms with E-state index in [0.29, 0.717) is 12.5 Å². The molecule has 1 saturated heterocycles. The topological polar surface area (TPSA) is 61.2 Å². The van der Waals surface area contributed by atoms with Crippen molar-refractivity contribution in [2.45, 2.75) is 31.2 Å². The zero-order valence-corrected chi connectivity index (χ0v) is 12.4. The lowest BCUT2D eigenvalue weighted by Gasteiger charge is -2.21. The van der Waals surface area contributed by atoms with E-state index in [1.54, 1.807) is 0 Å². The van der Waals surface area contributed by atoms with Gasteiger partial charge >= 0.3 is 0 Å². The summed E-state index contributed by atoms with van der Waals surface area (Å²) in [7, 11) is -3.53. The highest BCUT2D eigenvalue weighted by Gasteiger charge is 2.36. The lowest BCUT2D eigenvalue weighted by molar-refractivity contribution is 0.405. The second-order valence-electron chi connectivity index (χ2n) is 5.02. The summed E-state index contributed by atoms with van der Waals surface area (Å²) in [6.45, 7) is 4.48. The lowest BCUT2D eigenvalue weighted by atomic mass is 10.1. The molecule has 1 aromatic rings. The van der Waals surface area contributed by atoms with Gasteiger partial charge in [0.2, 0.25) is 10.0 Å². The van der Waals surface area contributed by atoms with Gasteiger partial charge in [-0.2, -0.15) is 9.57 Å². The summed E-state index contributed by atoms with van der Waals surface area (Å²) in [5, 5.41) is 8.98. The maximum absolute atomic E-state index is 12.5. The van der Waals surface area contributed by atoms with Crippen molar-refractivity contribution in [2.24, 2.45) is 5.92 Å². The molecule has 0 saturated carbocycles. The molecule has 2 unspecified atom stereocenters. The fourth-order valence-electron chi connectivity index (χ4n) is 2.48. The molecule has 1 aromatic carbocycles. The van der Waals surface area contributed by atoms with Gasteiger partial charge in [-0.15, -0.1) is 0 Å². The second-order valence-corrected chi connectivity index (χ2v) is 7.32. The standard InChI is InChI=1S/C13H15ClN2O2S/c1-9-5-10(2)16(8-9)19(17,18)12-4-3-11(7-15)13(14)6-12/h3-4,6,9-10H,5,8H2,1-2H3. The minimum atomic E-state index is -3.53. The van der Waals surface area contributed by atoms with E-state index >= 15 is 0 Å². The number of benzene rings is 1. The maximum Gasteiger partial charge on any atom is 0.243 e. The van der Waals surface area contributed by atoms with Gasteiger partial charge in [-0.05, 0) is 37.5 Å². The summed E-state index contributed by atoms with van der Waals surface area (Å²) in [5.41, 5.74) is 0.281. The number of rotatable bonds is 2. The largest absolute Gasteiger partial charge is 0.243 e. The van der Waals surface area contributed by atoms with E-state index < -0.39 is 10.0 Å². The molecule has 0 aromatic heterocycles. The van der Waals surface area contributed by atoms with Crippen molar-refractivity contribution in [2.75, 3.05) is 6.54 Å². The molecule has 0 aliphatic carbocycles. The Morgan fingerprint density at radius 3 is 2.58 bits per heavy atom. The smallest absolute Gasteiger partial charge is 0.207 e. The van der Waals surface area contributed by atoms with Crippen LogP contribution in [0.1, 0.15) is 25.8 Å². The number of hydrogen-bond acceptors (Lipinski definition) is 3. The van der Waals surface area contributed by atoms with Gasteiger partial charge in [0.05, 0.1) is 15.5 Å². The Morgan fingerprint density at radius 2 is 2.11 bits per heavy atom. The van der Waals surface area contributed by atoms with Crippen LogP contribution in [-0.2, 0) is 10.0 Å². The highest BCUT2D eigenvalue weighted by Crippen LogP contribution is 2.30. The number of halogens is 1. The zero-order chi connectivity index (χ0) is 14.2. The van der Waals surface area contributed by atoms with Crippen LogP contribution in [0.15, 0.2) is 23.1 Å². The number of hydrogen-bond donors (Lipinski definition) is 0. The average molecular weight is 299 g/mol. The number of nitrogens with zero attached hydrogens (tertiary/aromatic N) is 2. The molecule has 19 heavy (non-hydrogen) atoms. The van der Waals surface area contributed by atoms with Crippen LogP contribution in [0.4, 0.5) is 0 Å². The molecule has 4 nitrogen and oxygen atoms in total. The summed E-state index contributed by atoms with van der Waals surface area (Å²) >= 11 is 5.90. The predicted molar refractivity (Wildman–Crippen MR) is 73.3 cm³/mol. The molecule has 6 heteroatoms. The van der Waals surface area contributed by atoms with Gasteiger partial charge in [-0.3, -0.25) is 0 Å². The Balaban J connectivity index is 2.41. The first-order chi connectivity index (χ1) is 8.86. The van der Waals surface area contributed by atoms with Crippen LogP contribution in [0.3, 0.4) is 0 Å². The normalized spacial score (nSPS) is 24.3. The Kier molecular flexibility index (Phi) is 3.86. The molecule has 0 N–H and O–H groups in total. The van der Waals surface area contributed by atoms with Crippen LogP contribution in [0.2, 0.25) is 5.02 Å². The summed E-state index contributed by atoms with van der Waals surface area (Å²) in [5.74, 6) is 0.360. The van der Waals surface area contributed by atoms with Crippen LogP contribution in [0, 0.1) is 17.2 Å². The van der Waals surface area contributed by atoms with Gasteiger partial charge in [0.1, 0.15) is 6.07 Å². The quantitative estimate of drug-likeness (QED) is 0.843. The first kappa shape index (κ1) is 14.3. The van der Waals surface area contributed by atoms with Crippen LogP contribution in [0.25, 0.3) is 0 Å². The molecule has 0 spiro atoms. The second kappa shape index (κ2) is 5.12. The summed E-state index contributed by atoms with van der Waals surface area (Å²) < 4.78 is 26.6. The van der Waals surface area contributed by atoms with Crippen molar-refractivity contribution in [3.05, 3.63) is 28.8 Å². The summed E-state index contributed by atoms with van der Waals surface area (Å²) in [6.07, 6.45) is 0.864. The molecule has 1 aliphatic heterocycles. The fraction of sp³-hybridized carbons (Fsp3) is 0.462. The molecule has 2 rings (SSSR count). The van der Waals surface area contributed by atoms with Crippen molar-refractivity contribution in [3.63, 3.8) is 0 Å². The zero-order valence-electron chi connectivity index (χ0n) is 10.8. The molecule has 0 radical (unpaired) electrons. The van der Waals surface area contributed by atoms with E-state index in [4.69, 9.17) is 16.9 Å². The van der Waals surface area contributed by atoms with Crippen molar-refractivity contribution in [1.82, 2.24) is 4.31 Å². The first-order valence-electron chi connectivity index (χ1n) is 6.07. The highest BCUT2D eigenvalue weighted by molar-refractivity contribution is 7.89. The monoisotopic (exact) mass is 298 g/mol.